The summed E-state index contributed by atoms with van der Waals surface area (Å²) in [6, 6.07) is 45.3. The fourth-order valence-corrected chi connectivity index (χ4v) is 8.08. The van der Waals surface area contributed by atoms with E-state index in [1.165, 1.54) is 11.1 Å². The van der Waals surface area contributed by atoms with Gasteiger partial charge in [-0.15, -0.1) is 24.3 Å². The summed E-state index contributed by atoms with van der Waals surface area (Å²) in [6.07, 6.45) is 2.10. The molecule has 0 aliphatic rings. The van der Waals surface area contributed by atoms with Gasteiger partial charge in [0.05, 0.1) is 11.3 Å². The quantitative estimate of drug-likeness (QED) is 0.175. The molecule has 0 saturated carbocycles. The van der Waals surface area contributed by atoms with Gasteiger partial charge in [-0.05, 0) is 112 Å². The van der Waals surface area contributed by atoms with Crippen LogP contribution in [0.4, 0.5) is 0 Å². The average molecular weight is 940 g/mol. The van der Waals surface area contributed by atoms with Crippen molar-refractivity contribution in [2.45, 2.75) is 66.2 Å². The van der Waals surface area contributed by atoms with Gasteiger partial charge in [-0.1, -0.05) is 107 Å². The zero-order valence-corrected chi connectivity index (χ0v) is 36.4. The number of para-hydroxylation sites is 1. The summed E-state index contributed by atoms with van der Waals surface area (Å²) >= 11 is 0. The van der Waals surface area contributed by atoms with E-state index in [0.29, 0.717) is 16.8 Å². The fourth-order valence-electron chi connectivity index (χ4n) is 8.08. The zero-order chi connectivity index (χ0) is 39.8. The predicted molar refractivity (Wildman–Crippen MR) is 235 cm³/mol. The number of nitrogens with zero attached hydrogens (tertiary/aromatic N) is 3. The number of imidazole rings is 1. The molecule has 0 atom stereocenters. The van der Waals surface area contributed by atoms with Gasteiger partial charge in [0.1, 0.15) is 22.6 Å². The van der Waals surface area contributed by atoms with Crippen LogP contribution in [0.15, 0.2) is 132 Å². The first-order valence-electron chi connectivity index (χ1n) is 19.6. The molecule has 0 spiro atoms. The van der Waals surface area contributed by atoms with Crippen molar-refractivity contribution in [2.75, 3.05) is 0 Å². The van der Waals surface area contributed by atoms with E-state index in [-0.39, 0.29) is 37.6 Å². The van der Waals surface area contributed by atoms with Crippen molar-refractivity contribution < 1.29 is 30.6 Å². The van der Waals surface area contributed by atoms with Gasteiger partial charge < -0.3 is 13.9 Å². The van der Waals surface area contributed by atoms with E-state index in [9.17, 15) is 5.11 Å². The molecule has 0 amide bonds. The van der Waals surface area contributed by atoms with Crippen LogP contribution < -0.4 is 0 Å². The molecular formula is C52H46N3O2Pt-. The molecule has 4 aromatic heterocycles. The number of fused-ring (bicyclic) bond motifs is 4. The number of phenolic OH excluding ortho intramolecular Hbond substituents is 1. The summed E-state index contributed by atoms with van der Waals surface area (Å²) in [7, 11) is 0. The Bertz CT molecular complexity index is 2980. The Morgan fingerprint density at radius 1 is 0.603 bits per heavy atom. The van der Waals surface area contributed by atoms with Crippen molar-refractivity contribution in [1.29, 1.82) is 0 Å². The summed E-state index contributed by atoms with van der Waals surface area (Å²) in [5.41, 5.74) is 15.7. The van der Waals surface area contributed by atoms with Gasteiger partial charge in [-0.25, -0.2) is 0 Å². The van der Waals surface area contributed by atoms with Gasteiger partial charge in [-0.3, -0.25) is 9.97 Å². The molecule has 5 aromatic carbocycles. The minimum atomic E-state index is -0.0479. The van der Waals surface area contributed by atoms with E-state index in [2.05, 4.69) is 151 Å². The van der Waals surface area contributed by atoms with E-state index in [4.69, 9.17) is 14.4 Å². The molecule has 292 valence electrons. The molecule has 4 heterocycles. The number of pyridine rings is 2. The van der Waals surface area contributed by atoms with Gasteiger partial charge in [0.15, 0.2) is 0 Å². The third-order valence-corrected chi connectivity index (χ3v) is 11.2. The molecule has 0 unspecified atom stereocenters. The van der Waals surface area contributed by atoms with Crippen molar-refractivity contribution in [3.05, 3.63) is 156 Å². The SMILES string of the molecule is Cc1cccc(C)c1-c1cc(-c2[c-]c(-c3nc4ccccn4c3-c3cc(C(C)(C)C)cc(C(C)(C)C)c3)ccc2)nc(-c2c(O)ccc3c2oc2ccccc23)c1.[Pt]. The normalized spacial score (nSPS) is 12.1. The summed E-state index contributed by atoms with van der Waals surface area (Å²) in [6.45, 7) is 17.9. The Kier molecular flexibility index (Phi) is 9.81. The molecule has 0 aliphatic heterocycles. The Morgan fingerprint density at radius 2 is 1.26 bits per heavy atom. The molecule has 58 heavy (non-hydrogen) atoms. The third-order valence-electron chi connectivity index (χ3n) is 11.2. The summed E-state index contributed by atoms with van der Waals surface area (Å²) in [4.78, 5) is 10.6. The topological polar surface area (TPSA) is 63.6 Å². The van der Waals surface area contributed by atoms with Gasteiger partial charge in [0.25, 0.3) is 0 Å². The van der Waals surface area contributed by atoms with Crippen LogP contribution >= 0.6 is 0 Å². The largest absolute Gasteiger partial charge is 0.507 e. The molecule has 0 aliphatic carbocycles. The number of phenols is 1. The second-order valence-corrected chi connectivity index (χ2v) is 17.3. The second-order valence-electron chi connectivity index (χ2n) is 17.3. The monoisotopic (exact) mass is 939 g/mol. The molecule has 0 fully saturated rings. The number of furan rings is 1. The van der Waals surface area contributed by atoms with Crippen molar-refractivity contribution >= 4 is 27.6 Å². The van der Waals surface area contributed by atoms with Gasteiger partial charge >= 0.3 is 0 Å². The first-order chi connectivity index (χ1) is 27.2. The zero-order valence-electron chi connectivity index (χ0n) is 34.1. The van der Waals surface area contributed by atoms with Gasteiger partial charge in [0, 0.05) is 55.1 Å². The maximum Gasteiger partial charge on any atom is 0.148 e. The van der Waals surface area contributed by atoms with Crippen LogP contribution in [0.3, 0.4) is 0 Å². The number of hydrogen-bond acceptors (Lipinski definition) is 4. The van der Waals surface area contributed by atoms with E-state index in [0.717, 1.165) is 78.0 Å². The maximum absolute atomic E-state index is 11.5. The molecule has 0 radical (unpaired) electrons. The van der Waals surface area contributed by atoms with Crippen LogP contribution in [-0.2, 0) is 31.9 Å². The van der Waals surface area contributed by atoms with Crippen LogP contribution in [0.1, 0.15) is 63.8 Å². The number of aromatic hydroxyl groups is 1. The molecule has 1 N–H and O–H groups in total. The Balaban J connectivity index is 0.00000469. The third kappa shape index (κ3) is 6.86. The molecule has 0 bridgehead atoms. The molecular weight excluding hydrogens is 894 g/mol. The number of benzene rings is 5. The first kappa shape index (κ1) is 39.1. The average Bonchev–Trinajstić information content (AvgIpc) is 3.76. The molecule has 9 aromatic rings. The minimum absolute atomic E-state index is 0. The van der Waals surface area contributed by atoms with E-state index in [1.807, 2.05) is 36.4 Å². The Morgan fingerprint density at radius 3 is 1.98 bits per heavy atom. The molecule has 9 rings (SSSR count). The molecule has 5 nitrogen and oxygen atoms in total. The second kappa shape index (κ2) is 14.6. The summed E-state index contributed by atoms with van der Waals surface area (Å²) in [5, 5.41) is 13.5. The number of aromatic nitrogens is 3. The van der Waals surface area contributed by atoms with Crippen molar-refractivity contribution in [3.63, 3.8) is 0 Å². The van der Waals surface area contributed by atoms with Crippen molar-refractivity contribution in [3.8, 4) is 61.9 Å². The number of aryl methyl sites for hydroxylation is 2. The van der Waals surface area contributed by atoms with E-state index >= 15 is 0 Å². The Labute approximate surface area is 354 Å². The number of rotatable bonds is 5. The molecule has 6 heteroatoms. The van der Waals surface area contributed by atoms with Crippen molar-refractivity contribution in [2.24, 2.45) is 0 Å². The summed E-state index contributed by atoms with van der Waals surface area (Å²) in [5.74, 6) is 0.109. The summed E-state index contributed by atoms with van der Waals surface area (Å²) < 4.78 is 8.65. The standard InChI is InChI=1S/C52H46N3O2.Pt/c1-31-15-13-16-32(2)46(31)35-28-41(53-42(29-35)47-43(56)23-22-40-39-19-9-10-20-44(39)57-50(40)47)33-17-14-18-34(25-33)48-49(55-24-12-11-21-45(55)54-48)36-26-37(51(3,4)5)30-38(27-36)52(6,7)8;/h9-24,26-30,56H,1-8H3;/q-1;. The predicted octanol–water partition coefficient (Wildman–Crippen LogP) is 13.7. The van der Waals surface area contributed by atoms with Gasteiger partial charge in [0.2, 0.25) is 0 Å². The van der Waals surface area contributed by atoms with Crippen LogP contribution in [-0.4, -0.2) is 19.5 Å². The van der Waals surface area contributed by atoms with Crippen LogP contribution in [0.5, 0.6) is 5.75 Å². The fraction of sp³-hybridized carbons (Fsp3) is 0.192. The first-order valence-corrected chi connectivity index (χ1v) is 19.6. The molecule has 0 saturated heterocycles. The van der Waals surface area contributed by atoms with Crippen LogP contribution in [0, 0.1) is 19.9 Å². The Hall–Kier alpha value is -5.77. The van der Waals surface area contributed by atoms with Crippen LogP contribution in [0.25, 0.3) is 83.7 Å². The van der Waals surface area contributed by atoms with Crippen molar-refractivity contribution in [1.82, 2.24) is 14.4 Å². The maximum atomic E-state index is 11.5. The van der Waals surface area contributed by atoms with E-state index in [1.54, 1.807) is 6.07 Å². The van der Waals surface area contributed by atoms with Crippen LogP contribution in [0.2, 0.25) is 0 Å². The minimum Gasteiger partial charge on any atom is -0.507 e. The smallest absolute Gasteiger partial charge is 0.148 e. The number of hydrogen-bond donors (Lipinski definition) is 1. The van der Waals surface area contributed by atoms with Gasteiger partial charge in [-0.2, -0.15) is 0 Å². The van der Waals surface area contributed by atoms with E-state index < -0.39 is 0 Å².